The van der Waals surface area contributed by atoms with Crippen LogP contribution in [0.4, 0.5) is 5.69 Å². The third-order valence-corrected chi connectivity index (χ3v) is 3.04. The lowest BCUT2D eigenvalue weighted by molar-refractivity contribution is -0.384. The van der Waals surface area contributed by atoms with Gasteiger partial charge in [-0.3, -0.25) is 14.9 Å². The van der Waals surface area contributed by atoms with E-state index in [0.29, 0.717) is 11.5 Å². The molecule has 2 aromatic carbocycles. The number of hydrogen-bond donors (Lipinski definition) is 0. The first-order chi connectivity index (χ1) is 10.1. The van der Waals surface area contributed by atoms with Gasteiger partial charge >= 0.3 is 0 Å². The molecule has 6 nitrogen and oxygen atoms in total. The highest BCUT2D eigenvalue weighted by molar-refractivity contribution is 6.05. The molecule has 2 unspecified atom stereocenters. The minimum atomic E-state index is -0.660. The van der Waals surface area contributed by atoms with Crippen LogP contribution >= 0.6 is 0 Å². The van der Waals surface area contributed by atoms with Crippen molar-refractivity contribution >= 4 is 11.5 Å². The van der Waals surface area contributed by atoms with Crippen molar-refractivity contribution in [2.45, 2.75) is 12.2 Å². The topological polar surface area (TPSA) is 78.7 Å². The fourth-order valence-corrected chi connectivity index (χ4v) is 1.87. The third kappa shape index (κ3) is 2.84. The quantitative estimate of drug-likeness (QED) is 0.622. The lowest BCUT2D eigenvalue weighted by atomic mass is 10.3. The van der Waals surface area contributed by atoms with Gasteiger partial charge in [-0.15, -0.1) is 0 Å². The zero-order valence-electron chi connectivity index (χ0n) is 10.8. The number of ketones is 1. The van der Waals surface area contributed by atoms with Crippen molar-refractivity contribution in [2.24, 2.45) is 0 Å². The first kappa shape index (κ1) is 13.1. The van der Waals surface area contributed by atoms with Crippen LogP contribution in [0.2, 0.25) is 0 Å². The fraction of sp³-hybridized carbons (Fsp3) is 0.133. The molecule has 6 heteroatoms. The Balaban J connectivity index is 1.61. The summed E-state index contributed by atoms with van der Waals surface area (Å²) in [6.07, 6.45) is -1.28. The first-order valence-corrected chi connectivity index (χ1v) is 6.32. The van der Waals surface area contributed by atoms with E-state index in [-0.39, 0.29) is 11.5 Å². The lowest BCUT2D eigenvalue weighted by Gasteiger charge is -2.05. The van der Waals surface area contributed by atoms with E-state index in [1.807, 2.05) is 18.2 Å². The summed E-state index contributed by atoms with van der Waals surface area (Å²) >= 11 is 0. The number of nitro groups is 1. The number of nitrogens with zero attached hydrogens (tertiary/aromatic N) is 1. The minimum absolute atomic E-state index is 0.0263. The Morgan fingerprint density at radius 1 is 0.857 bits per heavy atom. The second-order valence-corrected chi connectivity index (χ2v) is 4.54. The molecular weight excluding hydrogens is 274 g/mol. The fourth-order valence-electron chi connectivity index (χ4n) is 1.87. The molecule has 106 valence electrons. The molecule has 0 radical (unpaired) electrons. The summed E-state index contributed by atoms with van der Waals surface area (Å²) in [4.78, 5) is 21.7. The number of para-hydroxylation sites is 1. The van der Waals surface area contributed by atoms with Gasteiger partial charge in [0, 0.05) is 12.1 Å². The van der Waals surface area contributed by atoms with E-state index < -0.39 is 17.1 Å². The summed E-state index contributed by atoms with van der Waals surface area (Å²) in [5.74, 6) is 0.862. The zero-order chi connectivity index (χ0) is 14.8. The predicted molar refractivity (Wildman–Crippen MR) is 73.4 cm³/mol. The van der Waals surface area contributed by atoms with Crippen LogP contribution in [0, 0.1) is 10.1 Å². The van der Waals surface area contributed by atoms with Gasteiger partial charge in [-0.2, -0.15) is 0 Å². The van der Waals surface area contributed by atoms with Crippen molar-refractivity contribution < 1.29 is 19.2 Å². The van der Waals surface area contributed by atoms with E-state index in [1.54, 1.807) is 12.1 Å². The van der Waals surface area contributed by atoms with E-state index in [2.05, 4.69) is 0 Å². The van der Waals surface area contributed by atoms with Crippen LogP contribution in [0.5, 0.6) is 11.5 Å². The SMILES string of the molecule is O=C1C(Oc2ccccc2)C1Oc1ccc([N+](=O)[O-])cc1. The Labute approximate surface area is 120 Å². The van der Waals surface area contributed by atoms with Crippen molar-refractivity contribution in [1.82, 2.24) is 0 Å². The molecule has 0 heterocycles. The van der Waals surface area contributed by atoms with Crippen LogP contribution < -0.4 is 9.47 Å². The van der Waals surface area contributed by atoms with Gasteiger partial charge in [0.25, 0.3) is 5.69 Å². The van der Waals surface area contributed by atoms with Crippen molar-refractivity contribution in [3.63, 3.8) is 0 Å². The molecule has 0 bridgehead atoms. The standard InChI is InChI=1S/C15H11NO5/c17-13-14(20-11-4-2-1-3-5-11)15(13)21-12-8-6-10(7-9-12)16(18)19/h1-9,14-15H. The summed E-state index contributed by atoms with van der Waals surface area (Å²) in [5, 5.41) is 10.5. The van der Waals surface area contributed by atoms with E-state index in [9.17, 15) is 14.9 Å². The van der Waals surface area contributed by atoms with E-state index >= 15 is 0 Å². The van der Waals surface area contributed by atoms with E-state index in [4.69, 9.17) is 9.47 Å². The largest absolute Gasteiger partial charge is 0.478 e. The average molecular weight is 285 g/mol. The molecule has 3 rings (SSSR count). The molecule has 2 atom stereocenters. The summed E-state index contributed by atoms with van der Waals surface area (Å²) < 4.78 is 11.0. The highest BCUT2D eigenvalue weighted by Crippen LogP contribution is 2.29. The maximum Gasteiger partial charge on any atom is 0.269 e. The molecule has 0 saturated heterocycles. The van der Waals surface area contributed by atoms with Crippen molar-refractivity contribution in [3.8, 4) is 11.5 Å². The Morgan fingerprint density at radius 2 is 1.38 bits per heavy atom. The van der Waals surface area contributed by atoms with Gasteiger partial charge in [0.05, 0.1) is 4.92 Å². The number of carbonyl (C=O) groups excluding carboxylic acids is 1. The molecule has 0 N–H and O–H groups in total. The minimum Gasteiger partial charge on any atom is -0.478 e. The van der Waals surface area contributed by atoms with Gasteiger partial charge in [-0.25, -0.2) is 0 Å². The lowest BCUT2D eigenvalue weighted by Crippen LogP contribution is -2.08. The third-order valence-electron chi connectivity index (χ3n) is 3.04. The van der Waals surface area contributed by atoms with Crippen molar-refractivity contribution in [3.05, 3.63) is 64.7 Å². The monoisotopic (exact) mass is 285 g/mol. The highest BCUT2D eigenvalue weighted by Gasteiger charge is 2.55. The molecule has 0 aliphatic heterocycles. The Kier molecular flexibility index (Phi) is 3.27. The Hall–Kier alpha value is -2.89. The second-order valence-electron chi connectivity index (χ2n) is 4.54. The summed E-state index contributed by atoms with van der Waals surface area (Å²) in [5.41, 5.74) is -0.0263. The molecule has 0 aromatic heterocycles. The van der Waals surface area contributed by atoms with Crippen LogP contribution in [0.15, 0.2) is 54.6 Å². The van der Waals surface area contributed by atoms with Gasteiger partial charge in [-0.1, -0.05) is 18.2 Å². The van der Waals surface area contributed by atoms with Crippen LogP contribution in [0.1, 0.15) is 0 Å². The zero-order valence-corrected chi connectivity index (χ0v) is 10.8. The maximum atomic E-state index is 11.6. The molecule has 1 aliphatic rings. The number of non-ortho nitro benzene ring substituents is 1. The Morgan fingerprint density at radius 3 is 1.90 bits per heavy atom. The van der Waals surface area contributed by atoms with Crippen LogP contribution in [-0.2, 0) is 4.79 Å². The first-order valence-electron chi connectivity index (χ1n) is 6.32. The van der Waals surface area contributed by atoms with Gasteiger partial charge in [0.2, 0.25) is 18.0 Å². The molecule has 1 aliphatic carbocycles. The summed E-state index contributed by atoms with van der Waals surface area (Å²) in [6.45, 7) is 0. The molecule has 21 heavy (non-hydrogen) atoms. The second kappa shape index (κ2) is 5.24. The molecular formula is C15H11NO5. The molecule has 0 spiro atoms. The molecule has 1 fully saturated rings. The van der Waals surface area contributed by atoms with Crippen LogP contribution in [0.3, 0.4) is 0 Å². The number of carbonyl (C=O) groups is 1. The van der Waals surface area contributed by atoms with Gasteiger partial charge in [0.15, 0.2) is 0 Å². The molecule has 0 amide bonds. The maximum absolute atomic E-state index is 11.6. The molecule has 2 aromatic rings. The number of hydrogen-bond acceptors (Lipinski definition) is 5. The van der Waals surface area contributed by atoms with E-state index in [1.165, 1.54) is 24.3 Å². The van der Waals surface area contributed by atoms with Gasteiger partial charge in [0.1, 0.15) is 11.5 Å². The normalized spacial score (nSPS) is 19.9. The number of benzene rings is 2. The predicted octanol–water partition coefficient (Wildman–Crippen LogP) is 2.37. The van der Waals surface area contributed by atoms with Crippen molar-refractivity contribution in [2.75, 3.05) is 0 Å². The van der Waals surface area contributed by atoms with Crippen LogP contribution in [0.25, 0.3) is 0 Å². The molecule has 1 saturated carbocycles. The summed E-state index contributed by atoms with van der Waals surface area (Å²) in [7, 11) is 0. The number of nitro benzene ring substituents is 1. The number of ether oxygens (including phenoxy) is 2. The Bertz CT molecular complexity index is 668. The number of Topliss-reactive ketones (excluding diaryl/α,β-unsaturated/α-hetero) is 1. The van der Waals surface area contributed by atoms with Crippen molar-refractivity contribution in [1.29, 1.82) is 0 Å². The average Bonchev–Trinajstić information content (AvgIpc) is 3.09. The summed E-state index contributed by atoms with van der Waals surface area (Å²) in [6, 6.07) is 14.6. The number of rotatable bonds is 5. The van der Waals surface area contributed by atoms with Crippen LogP contribution in [-0.4, -0.2) is 22.9 Å². The van der Waals surface area contributed by atoms with Gasteiger partial charge in [-0.05, 0) is 24.3 Å². The van der Waals surface area contributed by atoms with E-state index in [0.717, 1.165) is 0 Å². The van der Waals surface area contributed by atoms with Gasteiger partial charge < -0.3 is 9.47 Å². The highest BCUT2D eigenvalue weighted by atomic mass is 16.6. The smallest absolute Gasteiger partial charge is 0.269 e.